The number of anilines is 2. The van der Waals surface area contributed by atoms with E-state index in [2.05, 4.69) is 53.1 Å². The van der Waals surface area contributed by atoms with Crippen molar-refractivity contribution in [1.82, 2.24) is 15.6 Å². The summed E-state index contributed by atoms with van der Waals surface area (Å²) in [6.45, 7) is 0.421. The summed E-state index contributed by atoms with van der Waals surface area (Å²) >= 11 is 6.15. The second-order valence-corrected chi connectivity index (χ2v) is 8.96. The molecular weight excluding hydrogens is 422 g/mol. The van der Waals surface area contributed by atoms with Crippen LogP contribution in [-0.2, 0) is 6.54 Å². The first-order valence-electron chi connectivity index (χ1n) is 11.1. The topological polar surface area (TPSA) is 69.3 Å². The lowest BCUT2D eigenvalue weighted by atomic mass is 9.91. The van der Waals surface area contributed by atoms with Gasteiger partial charge in [0.05, 0.1) is 5.52 Å². The van der Waals surface area contributed by atoms with Crippen LogP contribution >= 0.6 is 11.6 Å². The Morgan fingerprint density at radius 1 is 1.03 bits per heavy atom. The number of hydrogen-bond acceptors (Lipinski definition) is 4. The number of benzene rings is 2. The van der Waals surface area contributed by atoms with Crippen LogP contribution in [0.15, 0.2) is 54.6 Å². The highest BCUT2D eigenvalue weighted by molar-refractivity contribution is 6.31. The lowest BCUT2D eigenvalue weighted by Crippen LogP contribution is -2.44. The fourth-order valence-electron chi connectivity index (χ4n) is 4.25. The summed E-state index contributed by atoms with van der Waals surface area (Å²) in [4.78, 5) is 19.2. The lowest BCUT2D eigenvalue weighted by molar-refractivity contribution is 0.231. The van der Waals surface area contributed by atoms with E-state index in [1.54, 1.807) is 0 Å². The summed E-state index contributed by atoms with van der Waals surface area (Å²) in [5, 5.41) is 11.4. The first kappa shape index (κ1) is 22.2. The van der Waals surface area contributed by atoms with E-state index >= 15 is 0 Å². The van der Waals surface area contributed by atoms with Crippen molar-refractivity contribution in [1.29, 1.82) is 0 Å². The number of para-hydroxylation sites is 1. The molecule has 168 valence electrons. The zero-order valence-corrected chi connectivity index (χ0v) is 19.3. The maximum Gasteiger partial charge on any atom is 0.315 e. The normalized spacial score (nSPS) is 18.2. The predicted molar refractivity (Wildman–Crippen MR) is 133 cm³/mol. The maximum atomic E-state index is 12.3. The summed E-state index contributed by atoms with van der Waals surface area (Å²) < 4.78 is 0. The SMILES string of the molecule is CN(C)c1cc(N[C@H]2CC[C@@H](NC(=O)NCc3ccccc3Cl)CC2)nc2ccccc12. The number of halogens is 1. The van der Waals surface area contributed by atoms with Crippen LogP contribution in [0.2, 0.25) is 5.02 Å². The summed E-state index contributed by atoms with van der Waals surface area (Å²) in [7, 11) is 4.11. The molecule has 0 unspecified atom stereocenters. The van der Waals surface area contributed by atoms with Crippen molar-refractivity contribution in [3.8, 4) is 0 Å². The average Bonchev–Trinajstić information content (AvgIpc) is 2.79. The Hall–Kier alpha value is -2.99. The quantitative estimate of drug-likeness (QED) is 0.483. The second-order valence-electron chi connectivity index (χ2n) is 8.55. The van der Waals surface area contributed by atoms with Crippen molar-refractivity contribution >= 4 is 40.0 Å². The van der Waals surface area contributed by atoms with Crippen molar-refractivity contribution in [3.05, 3.63) is 65.2 Å². The molecule has 1 aliphatic carbocycles. The smallest absolute Gasteiger partial charge is 0.315 e. The highest BCUT2D eigenvalue weighted by atomic mass is 35.5. The van der Waals surface area contributed by atoms with Crippen molar-refractivity contribution in [2.75, 3.05) is 24.3 Å². The Morgan fingerprint density at radius 2 is 1.72 bits per heavy atom. The third-order valence-corrected chi connectivity index (χ3v) is 6.36. The molecule has 3 N–H and O–H groups in total. The van der Waals surface area contributed by atoms with Crippen molar-refractivity contribution in [3.63, 3.8) is 0 Å². The standard InChI is InChI=1S/C25H30ClN5O/c1-31(2)23-15-24(30-22-10-6-4-8-20(22)23)28-18-11-13-19(14-12-18)29-25(32)27-16-17-7-3-5-9-21(17)26/h3-10,15,18-19H,11-14,16H2,1-2H3,(H,28,30)(H2,27,29,32)/t18-,19+. The van der Waals surface area contributed by atoms with E-state index in [0.717, 1.165) is 53.7 Å². The first-order valence-corrected chi connectivity index (χ1v) is 11.5. The van der Waals surface area contributed by atoms with Gasteiger partial charge in [-0.25, -0.2) is 9.78 Å². The van der Waals surface area contributed by atoms with E-state index in [9.17, 15) is 4.79 Å². The van der Waals surface area contributed by atoms with E-state index in [0.29, 0.717) is 17.6 Å². The average molecular weight is 452 g/mol. The molecule has 32 heavy (non-hydrogen) atoms. The number of aromatic nitrogens is 1. The van der Waals surface area contributed by atoms with E-state index in [4.69, 9.17) is 16.6 Å². The maximum absolute atomic E-state index is 12.3. The van der Waals surface area contributed by atoms with Crippen molar-refractivity contribution < 1.29 is 4.79 Å². The number of amides is 2. The monoisotopic (exact) mass is 451 g/mol. The van der Waals surface area contributed by atoms with Gasteiger partial charge < -0.3 is 20.9 Å². The van der Waals surface area contributed by atoms with Gasteiger partial charge in [0.2, 0.25) is 0 Å². The number of carbonyl (C=O) groups excluding carboxylic acids is 1. The Labute approximate surface area is 194 Å². The minimum Gasteiger partial charge on any atom is -0.377 e. The van der Waals surface area contributed by atoms with E-state index < -0.39 is 0 Å². The van der Waals surface area contributed by atoms with Gasteiger partial charge in [0, 0.05) is 54.9 Å². The Balaban J connectivity index is 1.29. The molecule has 0 spiro atoms. The largest absolute Gasteiger partial charge is 0.377 e. The highest BCUT2D eigenvalue weighted by Crippen LogP contribution is 2.29. The summed E-state index contributed by atoms with van der Waals surface area (Å²) in [5.74, 6) is 0.904. The molecule has 2 amide bonds. The number of nitrogens with one attached hydrogen (secondary N) is 3. The number of pyridine rings is 1. The molecule has 0 saturated heterocycles. The van der Waals surface area contributed by atoms with Gasteiger partial charge in [-0.15, -0.1) is 0 Å². The molecule has 0 atom stereocenters. The Kier molecular flexibility index (Phi) is 7.00. The second kappa shape index (κ2) is 10.1. The molecule has 1 fully saturated rings. The van der Waals surface area contributed by atoms with Crippen LogP contribution in [0.4, 0.5) is 16.3 Å². The molecule has 7 heteroatoms. The number of rotatable bonds is 6. The van der Waals surface area contributed by atoms with Crippen LogP contribution in [0.25, 0.3) is 10.9 Å². The van der Waals surface area contributed by atoms with Gasteiger partial charge in [0.25, 0.3) is 0 Å². The van der Waals surface area contributed by atoms with Crippen LogP contribution < -0.4 is 20.9 Å². The molecule has 6 nitrogen and oxygen atoms in total. The summed E-state index contributed by atoms with van der Waals surface area (Å²) in [6.07, 6.45) is 3.85. The molecule has 0 radical (unpaired) electrons. The first-order chi connectivity index (χ1) is 15.5. The fourth-order valence-corrected chi connectivity index (χ4v) is 4.45. The van der Waals surface area contributed by atoms with Crippen LogP contribution in [-0.4, -0.2) is 37.2 Å². The Morgan fingerprint density at radius 3 is 2.47 bits per heavy atom. The molecule has 1 heterocycles. The fraction of sp³-hybridized carbons (Fsp3) is 0.360. The molecule has 0 bridgehead atoms. The molecule has 0 aliphatic heterocycles. The van der Waals surface area contributed by atoms with Crippen molar-refractivity contribution in [2.24, 2.45) is 0 Å². The van der Waals surface area contributed by atoms with Gasteiger partial charge in [-0.1, -0.05) is 48.0 Å². The highest BCUT2D eigenvalue weighted by Gasteiger charge is 2.23. The minimum atomic E-state index is -0.145. The van der Waals surface area contributed by atoms with Gasteiger partial charge >= 0.3 is 6.03 Å². The summed E-state index contributed by atoms with van der Waals surface area (Å²) in [6, 6.07) is 18.3. The molecule has 1 aliphatic rings. The van der Waals surface area contributed by atoms with Gasteiger partial charge in [0.15, 0.2) is 0 Å². The van der Waals surface area contributed by atoms with Crippen LogP contribution in [0, 0.1) is 0 Å². The van der Waals surface area contributed by atoms with Crippen LogP contribution in [0.5, 0.6) is 0 Å². The lowest BCUT2D eigenvalue weighted by Gasteiger charge is -2.30. The van der Waals surface area contributed by atoms with Gasteiger partial charge in [-0.3, -0.25) is 0 Å². The van der Waals surface area contributed by atoms with Crippen LogP contribution in [0.3, 0.4) is 0 Å². The third kappa shape index (κ3) is 5.43. The molecule has 1 aromatic heterocycles. The predicted octanol–water partition coefficient (Wildman–Crippen LogP) is 5.18. The van der Waals surface area contributed by atoms with Crippen molar-refractivity contribution in [2.45, 2.75) is 44.3 Å². The zero-order chi connectivity index (χ0) is 22.5. The number of carbonyl (C=O) groups is 1. The minimum absolute atomic E-state index is 0.145. The van der Waals surface area contributed by atoms with Gasteiger partial charge in [-0.05, 0) is 43.4 Å². The van der Waals surface area contributed by atoms with Gasteiger partial charge in [0.1, 0.15) is 5.82 Å². The van der Waals surface area contributed by atoms with Gasteiger partial charge in [-0.2, -0.15) is 0 Å². The van der Waals surface area contributed by atoms with E-state index in [-0.39, 0.29) is 12.1 Å². The number of hydrogen-bond donors (Lipinski definition) is 3. The number of urea groups is 1. The molecule has 3 aromatic rings. The number of nitrogens with zero attached hydrogens (tertiary/aromatic N) is 2. The summed E-state index contributed by atoms with van der Waals surface area (Å²) in [5.41, 5.74) is 3.06. The molecule has 1 saturated carbocycles. The third-order valence-electron chi connectivity index (χ3n) is 5.99. The van der Waals surface area contributed by atoms with E-state index in [1.165, 1.54) is 0 Å². The van der Waals surface area contributed by atoms with E-state index in [1.807, 2.05) is 36.4 Å². The Bertz CT molecular complexity index is 1080. The van der Waals surface area contributed by atoms with Crippen LogP contribution in [0.1, 0.15) is 31.2 Å². The molecular formula is C25H30ClN5O. The zero-order valence-electron chi connectivity index (χ0n) is 18.6. The number of fused-ring (bicyclic) bond motifs is 1. The molecule has 4 rings (SSSR count). The molecule has 2 aromatic carbocycles.